The van der Waals surface area contributed by atoms with Crippen molar-refractivity contribution in [2.45, 2.75) is 0 Å². The lowest BCUT2D eigenvalue weighted by Gasteiger charge is -2.05. The van der Waals surface area contributed by atoms with Crippen molar-refractivity contribution >= 4 is 63.0 Å². The highest BCUT2D eigenvalue weighted by Crippen LogP contribution is 2.26. The van der Waals surface area contributed by atoms with E-state index < -0.39 is 0 Å². The summed E-state index contributed by atoms with van der Waals surface area (Å²) in [4.78, 5) is 11.7. The fourth-order valence-electron chi connectivity index (χ4n) is 1.63. The largest absolute Gasteiger partial charge is 0.506 e. The molecule has 0 saturated carbocycles. The zero-order chi connectivity index (χ0) is 16.8. The Kier molecular flexibility index (Phi) is 6.57. The van der Waals surface area contributed by atoms with Gasteiger partial charge in [-0.15, -0.1) is 0 Å². The molecule has 0 aliphatic heterocycles. The van der Waals surface area contributed by atoms with Crippen molar-refractivity contribution in [2.24, 2.45) is 5.10 Å². The van der Waals surface area contributed by atoms with Crippen LogP contribution >= 0.6 is 45.2 Å². The second-order valence-corrected chi connectivity index (χ2v) is 6.81. The first-order valence-corrected chi connectivity index (χ1v) is 8.61. The summed E-state index contributed by atoms with van der Waals surface area (Å²) in [7, 11) is 0. The minimum absolute atomic E-state index is 0.0214. The number of benzene rings is 2. The Hall–Kier alpha value is -1.43. The monoisotopic (exact) mass is 539 g/mol. The summed E-state index contributed by atoms with van der Waals surface area (Å²) in [5, 5.41) is 16.4. The first kappa shape index (κ1) is 17.9. The fourth-order valence-corrected chi connectivity index (χ4v) is 3.44. The molecule has 3 N–H and O–H groups in total. The van der Waals surface area contributed by atoms with Gasteiger partial charge in [0.15, 0.2) is 0 Å². The number of halogens is 3. The molecule has 0 saturated heterocycles. The van der Waals surface area contributed by atoms with Crippen LogP contribution < -0.4 is 10.7 Å². The molecule has 0 spiro atoms. The summed E-state index contributed by atoms with van der Waals surface area (Å²) in [5.74, 6) is -0.424. The van der Waals surface area contributed by atoms with E-state index >= 15 is 0 Å². The van der Waals surface area contributed by atoms with E-state index in [0.717, 1.165) is 5.56 Å². The van der Waals surface area contributed by atoms with Crippen LogP contribution in [0.3, 0.4) is 0 Å². The van der Waals surface area contributed by atoms with Gasteiger partial charge >= 0.3 is 0 Å². The average Bonchev–Trinajstić information content (AvgIpc) is 2.52. The predicted octanol–water partition coefficient (Wildman–Crippen LogP) is 3.30. The van der Waals surface area contributed by atoms with Crippen molar-refractivity contribution in [3.05, 3.63) is 54.9 Å². The standard InChI is InChI=1S/C15H12FI2N3O2/c16-10-1-3-11(4-2-10)19-8-14(22)21-20-7-9-5-12(17)15(23)13(18)6-9/h1-7,19,23H,8H2,(H,21,22)/b20-7-. The summed E-state index contributed by atoms with van der Waals surface area (Å²) >= 11 is 4.04. The van der Waals surface area contributed by atoms with Gasteiger partial charge < -0.3 is 10.4 Å². The molecule has 2 rings (SSSR count). The second kappa shape index (κ2) is 8.43. The van der Waals surface area contributed by atoms with Crippen molar-refractivity contribution in [1.29, 1.82) is 0 Å². The Balaban J connectivity index is 1.85. The minimum atomic E-state index is -0.331. The van der Waals surface area contributed by atoms with Crippen molar-refractivity contribution < 1.29 is 14.3 Å². The van der Waals surface area contributed by atoms with Crippen molar-refractivity contribution in [1.82, 2.24) is 5.43 Å². The number of carbonyl (C=O) groups is 1. The number of nitrogens with one attached hydrogen (secondary N) is 2. The molecule has 0 aliphatic rings. The van der Waals surface area contributed by atoms with E-state index in [-0.39, 0.29) is 24.0 Å². The molecule has 0 fully saturated rings. The van der Waals surface area contributed by atoms with Crippen LogP contribution in [-0.2, 0) is 4.79 Å². The number of hydrogen-bond acceptors (Lipinski definition) is 4. The Morgan fingerprint density at radius 3 is 2.43 bits per heavy atom. The van der Waals surface area contributed by atoms with E-state index in [0.29, 0.717) is 12.8 Å². The SMILES string of the molecule is O=C(CNc1ccc(F)cc1)N/N=C\c1cc(I)c(O)c(I)c1. The summed E-state index contributed by atoms with van der Waals surface area (Å²) in [6.07, 6.45) is 1.50. The van der Waals surface area contributed by atoms with Crippen LogP contribution in [0.2, 0.25) is 0 Å². The number of aromatic hydroxyl groups is 1. The van der Waals surface area contributed by atoms with E-state index in [2.05, 4.69) is 15.8 Å². The second-order valence-electron chi connectivity index (χ2n) is 4.49. The lowest BCUT2D eigenvalue weighted by Crippen LogP contribution is -2.25. The van der Waals surface area contributed by atoms with E-state index in [1.807, 2.05) is 45.2 Å². The Morgan fingerprint density at radius 2 is 1.83 bits per heavy atom. The molecule has 2 aromatic carbocycles. The Morgan fingerprint density at radius 1 is 1.22 bits per heavy atom. The number of carbonyl (C=O) groups excluding carboxylic acids is 1. The molecule has 0 radical (unpaired) electrons. The quantitative estimate of drug-likeness (QED) is 0.311. The number of hydrogen-bond donors (Lipinski definition) is 3. The zero-order valence-electron chi connectivity index (χ0n) is 11.7. The number of rotatable bonds is 5. The van der Waals surface area contributed by atoms with Gasteiger partial charge in [0.1, 0.15) is 11.6 Å². The summed E-state index contributed by atoms with van der Waals surface area (Å²) in [5.41, 5.74) is 3.81. The highest BCUT2D eigenvalue weighted by atomic mass is 127. The molecular formula is C15H12FI2N3O2. The van der Waals surface area contributed by atoms with Crippen LogP contribution in [0, 0.1) is 13.0 Å². The molecule has 0 unspecified atom stereocenters. The summed E-state index contributed by atoms with van der Waals surface area (Å²) < 4.78 is 14.2. The van der Waals surface area contributed by atoms with Crippen molar-refractivity contribution in [3.63, 3.8) is 0 Å². The molecule has 5 nitrogen and oxygen atoms in total. The van der Waals surface area contributed by atoms with Gasteiger partial charge in [-0.3, -0.25) is 4.79 Å². The van der Waals surface area contributed by atoms with E-state index in [1.54, 1.807) is 24.3 Å². The first-order valence-electron chi connectivity index (χ1n) is 6.45. The van der Waals surface area contributed by atoms with Gasteiger partial charge in [0.25, 0.3) is 5.91 Å². The van der Waals surface area contributed by atoms with Gasteiger partial charge in [0.2, 0.25) is 0 Å². The maximum atomic E-state index is 12.8. The maximum absolute atomic E-state index is 12.8. The summed E-state index contributed by atoms with van der Waals surface area (Å²) in [6.45, 7) is 0.0214. The molecule has 120 valence electrons. The minimum Gasteiger partial charge on any atom is -0.506 e. The number of phenolic OH excluding ortho intramolecular Hbond substituents is 1. The number of anilines is 1. The predicted molar refractivity (Wildman–Crippen MR) is 104 cm³/mol. The Labute approximate surface area is 159 Å². The van der Waals surface area contributed by atoms with Gasteiger partial charge in [-0.1, -0.05) is 0 Å². The third kappa shape index (κ3) is 5.61. The van der Waals surface area contributed by atoms with Crippen LogP contribution in [0.25, 0.3) is 0 Å². The van der Waals surface area contributed by atoms with E-state index in [4.69, 9.17) is 0 Å². The average molecular weight is 539 g/mol. The lowest BCUT2D eigenvalue weighted by atomic mass is 10.2. The van der Waals surface area contributed by atoms with Gasteiger partial charge in [-0.05, 0) is 87.1 Å². The highest BCUT2D eigenvalue weighted by molar-refractivity contribution is 14.1. The van der Waals surface area contributed by atoms with Gasteiger partial charge in [-0.25, -0.2) is 9.82 Å². The normalized spacial score (nSPS) is 10.7. The molecule has 0 aromatic heterocycles. The van der Waals surface area contributed by atoms with Crippen LogP contribution in [0.5, 0.6) is 5.75 Å². The van der Waals surface area contributed by atoms with Gasteiger partial charge in [0.05, 0.1) is 19.9 Å². The van der Waals surface area contributed by atoms with Gasteiger partial charge in [-0.2, -0.15) is 5.10 Å². The third-order valence-electron chi connectivity index (χ3n) is 2.74. The molecule has 0 heterocycles. The molecule has 0 aliphatic carbocycles. The van der Waals surface area contributed by atoms with Crippen molar-refractivity contribution in [2.75, 3.05) is 11.9 Å². The number of nitrogens with zero attached hydrogens (tertiary/aromatic N) is 1. The van der Waals surface area contributed by atoms with Crippen LogP contribution in [0.15, 0.2) is 41.5 Å². The summed E-state index contributed by atoms with van der Waals surface area (Å²) in [6, 6.07) is 9.23. The smallest absolute Gasteiger partial charge is 0.259 e. The molecular weight excluding hydrogens is 527 g/mol. The van der Waals surface area contributed by atoms with Crippen LogP contribution in [-0.4, -0.2) is 23.8 Å². The number of hydrazone groups is 1. The fraction of sp³-hybridized carbons (Fsp3) is 0.0667. The van der Waals surface area contributed by atoms with Crippen LogP contribution in [0.4, 0.5) is 10.1 Å². The third-order valence-corrected chi connectivity index (χ3v) is 4.38. The molecule has 8 heteroatoms. The first-order chi connectivity index (χ1) is 11.0. The molecule has 23 heavy (non-hydrogen) atoms. The van der Waals surface area contributed by atoms with Crippen molar-refractivity contribution in [3.8, 4) is 5.75 Å². The number of amides is 1. The maximum Gasteiger partial charge on any atom is 0.259 e. The number of phenols is 1. The molecule has 2 aromatic rings. The van der Waals surface area contributed by atoms with E-state index in [1.165, 1.54) is 18.3 Å². The highest BCUT2D eigenvalue weighted by Gasteiger charge is 2.04. The lowest BCUT2D eigenvalue weighted by molar-refractivity contribution is -0.119. The zero-order valence-corrected chi connectivity index (χ0v) is 16.0. The van der Waals surface area contributed by atoms with E-state index in [9.17, 15) is 14.3 Å². The topological polar surface area (TPSA) is 73.7 Å². The molecule has 0 atom stereocenters. The Bertz CT molecular complexity index is 713. The van der Waals surface area contributed by atoms with Gasteiger partial charge in [0, 0.05) is 5.69 Å². The molecule has 1 amide bonds. The molecule has 0 bridgehead atoms. The van der Waals surface area contributed by atoms with Crippen LogP contribution in [0.1, 0.15) is 5.56 Å².